The Hall–Kier alpha value is -1.94. The highest BCUT2D eigenvalue weighted by Crippen LogP contribution is 2.46. The number of nitrogens with one attached hydrogen (secondary N) is 1. The van der Waals surface area contributed by atoms with Crippen LogP contribution in [0, 0.1) is 0 Å². The molecule has 0 atom stereocenters. The van der Waals surface area contributed by atoms with E-state index < -0.39 is 0 Å². The first kappa shape index (κ1) is 17.5. The Morgan fingerprint density at radius 3 is 2.88 bits per heavy atom. The molecule has 0 radical (unpaired) electrons. The number of carbonyl (C=O) groups excluding carboxylic acids is 2. The number of nitrogens with zero attached hydrogens (tertiary/aromatic N) is 4. The lowest BCUT2D eigenvalue weighted by molar-refractivity contribution is -0.113. The van der Waals surface area contributed by atoms with Crippen molar-refractivity contribution in [2.75, 3.05) is 17.7 Å². The molecule has 0 bridgehead atoms. The molecule has 0 spiro atoms. The van der Waals surface area contributed by atoms with Gasteiger partial charge in [-0.2, -0.15) is 0 Å². The minimum Gasteiger partial charge on any atom is -0.462 e. The van der Waals surface area contributed by atoms with Crippen LogP contribution in [0.3, 0.4) is 0 Å². The highest BCUT2D eigenvalue weighted by atomic mass is 32.2. The van der Waals surface area contributed by atoms with Crippen LogP contribution in [0.4, 0.5) is 5.00 Å². The summed E-state index contributed by atoms with van der Waals surface area (Å²) in [5, 5.41) is 17.7. The van der Waals surface area contributed by atoms with Crippen LogP contribution < -0.4 is 5.32 Å². The monoisotopic (exact) mass is 393 g/mol. The summed E-state index contributed by atoms with van der Waals surface area (Å²) in [6.45, 7) is 2.09. The molecular weight excluding hydrogens is 374 g/mol. The molecule has 0 unspecified atom stereocenters. The van der Waals surface area contributed by atoms with Gasteiger partial charge >= 0.3 is 5.97 Å². The standard InChI is InChI=1S/C16H19N5O3S2/c1-2-24-15(23)13-11(9-3-4-9)7-25-14(13)17-12(22)8-26-16-18-19-20-21(16)10-5-6-10/h7,9-10H,2-6,8H2,1H3,(H,17,22). The number of rotatable bonds is 8. The Labute approximate surface area is 158 Å². The normalized spacial score (nSPS) is 16.5. The number of anilines is 1. The largest absolute Gasteiger partial charge is 0.462 e. The Bertz CT molecular complexity index is 826. The maximum Gasteiger partial charge on any atom is 0.341 e. The summed E-state index contributed by atoms with van der Waals surface area (Å²) in [6.07, 6.45) is 4.31. The van der Waals surface area contributed by atoms with Crippen molar-refractivity contribution in [1.29, 1.82) is 0 Å². The average Bonchev–Trinajstić information content (AvgIpc) is 3.55. The Balaban J connectivity index is 1.42. The Kier molecular flexibility index (Phi) is 4.94. The van der Waals surface area contributed by atoms with Crippen molar-refractivity contribution in [2.24, 2.45) is 0 Å². The van der Waals surface area contributed by atoms with Gasteiger partial charge in [0.25, 0.3) is 0 Å². The second-order valence-corrected chi connectivity index (χ2v) is 8.19. The lowest BCUT2D eigenvalue weighted by Gasteiger charge is -2.08. The lowest BCUT2D eigenvalue weighted by atomic mass is 10.1. The zero-order valence-electron chi connectivity index (χ0n) is 14.3. The third-order valence-electron chi connectivity index (χ3n) is 4.26. The highest BCUT2D eigenvalue weighted by Gasteiger charge is 2.32. The summed E-state index contributed by atoms with van der Waals surface area (Å²) >= 11 is 2.68. The summed E-state index contributed by atoms with van der Waals surface area (Å²) in [5.41, 5.74) is 1.51. The number of thioether (sulfide) groups is 1. The molecular formula is C16H19N5O3S2. The van der Waals surface area contributed by atoms with Crippen molar-refractivity contribution >= 4 is 40.0 Å². The number of tetrazole rings is 1. The smallest absolute Gasteiger partial charge is 0.341 e. The van der Waals surface area contributed by atoms with E-state index in [2.05, 4.69) is 20.8 Å². The van der Waals surface area contributed by atoms with E-state index in [-0.39, 0.29) is 17.6 Å². The second-order valence-electron chi connectivity index (χ2n) is 6.36. The highest BCUT2D eigenvalue weighted by molar-refractivity contribution is 7.99. The van der Waals surface area contributed by atoms with E-state index in [1.54, 1.807) is 11.6 Å². The van der Waals surface area contributed by atoms with Gasteiger partial charge in [0.05, 0.1) is 24.0 Å². The molecule has 8 nitrogen and oxygen atoms in total. The Morgan fingerprint density at radius 1 is 1.38 bits per heavy atom. The number of hydrogen-bond donors (Lipinski definition) is 1. The number of aromatic nitrogens is 4. The molecule has 138 valence electrons. The first-order valence-corrected chi connectivity index (χ1v) is 10.5. The van der Waals surface area contributed by atoms with Gasteiger partial charge < -0.3 is 10.1 Å². The molecule has 2 heterocycles. The lowest BCUT2D eigenvalue weighted by Crippen LogP contribution is -2.17. The summed E-state index contributed by atoms with van der Waals surface area (Å²) < 4.78 is 6.95. The van der Waals surface area contributed by atoms with Gasteiger partial charge in [0.15, 0.2) is 0 Å². The minimum atomic E-state index is -0.365. The van der Waals surface area contributed by atoms with Crippen LogP contribution in [0.5, 0.6) is 0 Å². The third kappa shape index (κ3) is 3.75. The molecule has 2 aromatic rings. The third-order valence-corrected chi connectivity index (χ3v) is 6.10. The van der Waals surface area contributed by atoms with Crippen LogP contribution in [-0.2, 0) is 9.53 Å². The van der Waals surface area contributed by atoms with E-state index in [1.165, 1.54) is 23.1 Å². The van der Waals surface area contributed by atoms with E-state index in [0.29, 0.717) is 34.3 Å². The zero-order valence-corrected chi connectivity index (χ0v) is 15.9. The van der Waals surface area contributed by atoms with Gasteiger partial charge in [-0.05, 0) is 59.9 Å². The molecule has 2 aliphatic rings. The maximum absolute atomic E-state index is 12.4. The minimum absolute atomic E-state index is 0.185. The van der Waals surface area contributed by atoms with Crippen LogP contribution in [0.25, 0.3) is 0 Å². The number of ether oxygens (including phenoxy) is 1. The van der Waals surface area contributed by atoms with Gasteiger partial charge in [0.2, 0.25) is 11.1 Å². The summed E-state index contributed by atoms with van der Waals surface area (Å²) in [5.74, 6) is 0.0478. The predicted molar refractivity (Wildman–Crippen MR) is 97.7 cm³/mol. The predicted octanol–water partition coefficient (Wildman–Crippen LogP) is 2.85. The van der Waals surface area contributed by atoms with Gasteiger partial charge in [0, 0.05) is 0 Å². The molecule has 1 N–H and O–H groups in total. The molecule has 2 saturated carbocycles. The second kappa shape index (κ2) is 7.36. The quantitative estimate of drug-likeness (QED) is 0.544. The van der Waals surface area contributed by atoms with Crippen LogP contribution in [-0.4, -0.2) is 44.4 Å². The molecule has 2 fully saturated rings. The molecule has 1 amide bonds. The number of carbonyl (C=O) groups is 2. The van der Waals surface area contributed by atoms with Crippen LogP contribution in [0.1, 0.15) is 60.5 Å². The van der Waals surface area contributed by atoms with E-state index in [4.69, 9.17) is 4.74 Å². The number of amides is 1. The summed E-state index contributed by atoms with van der Waals surface area (Å²) in [6, 6.07) is 0.365. The SMILES string of the molecule is CCOC(=O)c1c(C2CC2)csc1NC(=O)CSc1nnnn1C1CC1. The van der Waals surface area contributed by atoms with Crippen molar-refractivity contribution in [2.45, 2.75) is 49.7 Å². The summed E-state index contributed by atoms with van der Waals surface area (Å²) in [7, 11) is 0. The molecule has 0 saturated heterocycles. The van der Waals surface area contributed by atoms with Crippen molar-refractivity contribution in [1.82, 2.24) is 20.2 Å². The maximum atomic E-state index is 12.4. The van der Waals surface area contributed by atoms with Crippen LogP contribution >= 0.6 is 23.1 Å². The average molecular weight is 393 g/mol. The molecule has 4 rings (SSSR count). The molecule has 10 heteroatoms. The number of esters is 1. The van der Waals surface area contributed by atoms with E-state index >= 15 is 0 Å². The first-order valence-electron chi connectivity index (χ1n) is 8.66. The molecule has 26 heavy (non-hydrogen) atoms. The van der Waals surface area contributed by atoms with Gasteiger partial charge in [0.1, 0.15) is 5.00 Å². The van der Waals surface area contributed by atoms with E-state index in [9.17, 15) is 9.59 Å². The molecule has 2 aromatic heterocycles. The molecule has 0 aromatic carbocycles. The fraction of sp³-hybridized carbons (Fsp3) is 0.562. The fourth-order valence-electron chi connectivity index (χ4n) is 2.69. The van der Waals surface area contributed by atoms with Crippen molar-refractivity contribution in [3.8, 4) is 0 Å². The topological polar surface area (TPSA) is 99.0 Å². The van der Waals surface area contributed by atoms with Crippen LogP contribution in [0.15, 0.2) is 10.5 Å². The van der Waals surface area contributed by atoms with Gasteiger partial charge in [-0.25, -0.2) is 9.48 Å². The van der Waals surface area contributed by atoms with Crippen LogP contribution in [0.2, 0.25) is 0 Å². The number of hydrogen-bond acceptors (Lipinski definition) is 8. The van der Waals surface area contributed by atoms with Gasteiger partial charge in [-0.1, -0.05) is 11.8 Å². The van der Waals surface area contributed by atoms with Gasteiger partial charge in [-0.3, -0.25) is 4.79 Å². The van der Waals surface area contributed by atoms with Crippen molar-refractivity contribution in [3.63, 3.8) is 0 Å². The zero-order chi connectivity index (χ0) is 18.1. The first-order chi connectivity index (χ1) is 12.7. The van der Waals surface area contributed by atoms with Gasteiger partial charge in [-0.15, -0.1) is 16.4 Å². The van der Waals surface area contributed by atoms with E-state index in [0.717, 1.165) is 31.2 Å². The summed E-state index contributed by atoms with van der Waals surface area (Å²) in [4.78, 5) is 24.7. The molecule has 0 aliphatic heterocycles. The Morgan fingerprint density at radius 2 is 2.19 bits per heavy atom. The van der Waals surface area contributed by atoms with Crippen molar-refractivity contribution < 1.29 is 14.3 Å². The van der Waals surface area contributed by atoms with E-state index in [1.807, 2.05) is 5.38 Å². The number of thiophene rings is 1. The fourth-order valence-corrected chi connectivity index (χ4v) is 4.48. The van der Waals surface area contributed by atoms with Crippen molar-refractivity contribution in [3.05, 3.63) is 16.5 Å². The molecule has 2 aliphatic carbocycles.